The number of ether oxygens (including phenoxy) is 1. The molecule has 0 atom stereocenters. The molecule has 156 valence electrons. The topological polar surface area (TPSA) is 70.6 Å². The molecular weight excluding hydrogens is 400 g/mol. The van der Waals surface area contributed by atoms with Crippen LogP contribution in [0.3, 0.4) is 0 Å². The SMILES string of the molecule is CCc1c(C(O)(c2ccccc2F)c2ccccc2F)nn2cc(OC)c(C#N)cc12. The van der Waals surface area contributed by atoms with Crippen molar-refractivity contribution in [2.45, 2.75) is 18.9 Å². The van der Waals surface area contributed by atoms with Crippen LogP contribution < -0.4 is 4.74 Å². The Kier molecular flexibility index (Phi) is 5.17. The summed E-state index contributed by atoms with van der Waals surface area (Å²) in [5.41, 5.74) is -0.960. The summed E-state index contributed by atoms with van der Waals surface area (Å²) < 4.78 is 36.6. The van der Waals surface area contributed by atoms with Crippen molar-refractivity contribution in [2.75, 3.05) is 7.11 Å². The summed E-state index contributed by atoms with van der Waals surface area (Å²) >= 11 is 0. The fourth-order valence-electron chi connectivity index (χ4n) is 3.92. The molecule has 2 aromatic carbocycles. The predicted octanol–water partition coefficient (Wildman–Crippen LogP) is 4.34. The minimum Gasteiger partial charge on any atom is -0.494 e. The van der Waals surface area contributed by atoms with Crippen LogP contribution in [0, 0.1) is 23.0 Å². The second-order valence-electron chi connectivity index (χ2n) is 7.05. The smallest absolute Gasteiger partial charge is 0.165 e. The standard InChI is InChI=1S/C24H19F2N3O2/c1-3-16-21-12-15(13-27)22(31-2)14-29(21)28-23(16)24(30,17-8-4-6-10-19(17)25)18-9-5-7-11-20(18)26/h4-12,14,30H,3H2,1-2H3. The monoisotopic (exact) mass is 419 g/mol. The van der Waals surface area contributed by atoms with Crippen LogP contribution in [0.2, 0.25) is 0 Å². The Morgan fingerprint density at radius 3 is 2.16 bits per heavy atom. The van der Waals surface area contributed by atoms with E-state index in [9.17, 15) is 19.1 Å². The van der Waals surface area contributed by atoms with E-state index in [1.807, 2.05) is 6.92 Å². The normalized spacial score (nSPS) is 11.5. The van der Waals surface area contributed by atoms with Crippen LogP contribution in [0.1, 0.15) is 34.9 Å². The fourth-order valence-corrected chi connectivity index (χ4v) is 3.92. The van der Waals surface area contributed by atoms with Crippen molar-refractivity contribution >= 4 is 5.52 Å². The van der Waals surface area contributed by atoms with Crippen molar-refractivity contribution in [1.29, 1.82) is 5.26 Å². The van der Waals surface area contributed by atoms with Gasteiger partial charge in [-0.25, -0.2) is 13.3 Å². The number of hydrogen-bond acceptors (Lipinski definition) is 4. The zero-order valence-corrected chi connectivity index (χ0v) is 16.9. The molecule has 1 N–H and O–H groups in total. The second kappa shape index (κ2) is 7.82. The van der Waals surface area contributed by atoms with Gasteiger partial charge < -0.3 is 9.84 Å². The van der Waals surface area contributed by atoms with Gasteiger partial charge in [0.05, 0.1) is 24.4 Å². The number of hydrogen-bond donors (Lipinski definition) is 1. The van der Waals surface area contributed by atoms with Gasteiger partial charge in [-0.05, 0) is 24.6 Å². The van der Waals surface area contributed by atoms with Gasteiger partial charge in [0.2, 0.25) is 0 Å². The number of methoxy groups -OCH3 is 1. The van der Waals surface area contributed by atoms with Gasteiger partial charge in [-0.15, -0.1) is 0 Å². The van der Waals surface area contributed by atoms with Crippen LogP contribution in [0.25, 0.3) is 5.52 Å². The highest BCUT2D eigenvalue weighted by Gasteiger charge is 2.42. The number of benzene rings is 2. The number of pyridine rings is 1. The lowest BCUT2D eigenvalue weighted by Crippen LogP contribution is -2.33. The van der Waals surface area contributed by atoms with Crippen molar-refractivity contribution in [2.24, 2.45) is 0 Å². The maximum absolute atomic E-state index is 14.9. The molecule has 4 aromatic rings. The minimum atomic E-state index is -2.20. The van der Waals surface area contributed by atoms with E-state index in [0.29, 0.717) is 23.3 Å². The highest BCUT2D eigenvalue weighted by molar-refractivity contribution is 5.65. The second-order valence-corrected chi connectivity index (χ2v) is 7.05. The number of rotatable bonds is 5. The first-order valence-corrected chi connectivity index (χ1v) is 9.67. The molecule has 0 aliphatic carbocycles. The van der Waals surface area contributed by atoms with E-state index in [4.69, 9.17) is 4.74 Å². The molecule has 0 saturated heterocycles. The lowest BCUT2D eigenvalue weighted by atomic mass is 9.80. The van der Waals surface area contributed by atoms with Crippen molar-refractivity contribution in [1.82, 2.24) is 9.61 Å². The van der Waals surface area contributed by atoms with Gasteiger partial charge in [0, 0.05) is 16.7 Å². The van der Waals surface area contributed by atoms with E-state index in [1.54, 1.807) is 18.2 Å². The maximum atomic E-state index is 14.9. The van der Waals surface area contributed by atoms with Gasteiger partial charge in [-0.1, -0.05) is 43.3 Å². The first-order chi connectivity index (χ1) is 14.9. The molecule has 2 heterocycles. The third-order valence-corrected chi connectivity index (χ3v) is 5.40. The average molecular weight is 419 g/mol. The predicted molar refractivity (Wildman–Crippen MR) is 111 cm³/mol. The van der Waals surface area contributed by atoms with Gasteiger partial charge in [-0.2, -0.15) is 10.4 Å². The Hall–Kier alpha value is -3.76. The highest BCUT2D eigenvalue weighted by atomic mass is 19.1. The van der Waals surface area contributed by atoms with Gasteiger partial charge in [-0.3, -0.25) is 0 Å². The van der Waals surface area contributed by atoms with Crippen LogP contribution in [-0.2, 0) is 12.0 Å². The van der Waals surface area contributed by atoms with Crippen LogP contribution in [0.5, 0.6) is 5.75 Å². The Morgan fingerprint density at radius 1 is 1.10 bits per heavy atom. The summed E-state index contributed by atoms with van der Waals surface area (Å²) in [5.74, 6) is -1.09. The summed E-state index contributed by atoms with van der Waals surface area (Å²) in [6.45, 7) is 1.85. The Morgan fingerprint density at radius 2 is 1.68 bits per heavy atom. The molecule has 31 heavy (non-hydrogen) atoms. The molecule has 0 radical (unpaired) electrons. The van der Waals surface area contributed by atoms with Gasteiger partial charge >= 0.3 is 0 Å². The zero-order valence-electron chi connectivity index (χ0n) is 16.9. The molecule has 0 spiro atoms. The molecular formula is C24H19F2N3O2. The third-order valence-electron chi connectivity index (χ3n) is 5.40. The molecule has 0 fully saturated rings. The zero-order chi connectivity index (χ0) is 22.2. The molecule has 0 aliphatic rings. The molecule has 7 heteroatoms. The Bertz CT molecular complexity index is 1280. The number of fused-ring (bicyclic) bond motifs is 1. The first kappa shape index (κ1) is 20.5. The number of halogens is 2. The van der Waals surface area contributed by atoms with Gasteiger partial charge in [0.25, 0.3) is 0 Å². The van der Waals surface area contributed by atoms with E-state index in [0.717, 1.165) is 0 Å². The van der Waals surface area contributed by atoms with Crippen molar-refractivity contribution in [3.8, 4) is 11.8 Å². The Balaban J connectivity index is 2.13. The Labute approximate surface area is 177 Å². The number of nitrogens with zero attached hydrogens (tertiary/aromatic N) is 3. The van der Waals surface area contributed by atoms with E-state index in [1.165, 1.54) is 54.2 Å². The molecule has 5 nitrogen and oxygen atoms in total. The quantitative estimate of drug-likeness (QED) is 0.523. The molecule has 0 aliphatic heterocycles. The van der Waals surface area contributed by atoms with E-state index in [2.05, 4.69) is 11.2 Å². The van der Waals surface area contributed by atoms with E-state index < -0.39 is 17.2 Å². The summed E-state index contributed by atoms with van der Waals surface area (Å²) in [4.78, 5) is 0. The van der Waals surface area contributed by atoms with Crippen molar-refractivity contribution in [3.63, 3.8) is 0 Å². The molecule has 0 bridgehead atoms. The van der Waals surface area contributed by atoms with Crippen LogP contribution >= 0.6 is 0 Å². The van der Waals surface area contributed by atoms with Gasteiger partial charge in [0.15, 0.2) is 11.4 Å². The van der Waals surface area contributed by atoms with Crippen LogP contribution in [0.4, 0.5) is 8.78 Å². The summed E-state index contributed by atoms with van der Waals surface area (Å²) in [6, 6.07) is 15.0. The number of aromatic nitrogens is 2. The largest absolute Gasteiger partial charge is 0.494 e. The summed E-state index contributed by atoms with van der Waals surface area (Å²) in [6.07, 6.45) is 1.92. The fraction of sp³-hybridized carbons (Fsp3) is 0.167. The van der Waals surface area contributed by atoms with E-state index >= 15 is 0 Å². The lowest BCUT2D eigenvalue weighted by Gasteiger charge is -2.29. The maximum Gasteiger partial charge on any atom is 0.165 e. The molecule has 0 saturated carbocycles. The molecule has 4 rings (SSSR count). The number of aryl methyl sites for hydroxylation is 1. The highest BCUT2D eigenvalue weighted by Crippen LogP contribution is 2.41. The van der Waals surface area contributed by atoms with Crippen molar-refractivity contribution in [3.05, 3.63) is 100 Å². The van der Waals surface area contributed by atoms with Gasteiger partial charge in [0.1, 0.15) is 23.4 Å². The summed E-state index contributed by atoms with van der Waals surface area (Å²) in [7, 11) is 1.43. The minimum absolute atomic E-state index is 0.0855. The van der Waals surface area contributed by atoms with Crippen LogP contribution in [-0.4, -0.2) is 21.8 Å². The number of nitriles is 1. The average Bonchev–Trinajstić information content (AvgIpc) is 3.16. The van der Waals surface area contributed by atoms with Crippen LogP contribution in [0.15, 0.2) is 60.8 Å². The summed E-state index contributed by atoms with van der Waals surface area (Å²) in [5, 5.41) is 26.0. The lowest BCUT2D eigenvalue weighted by molar-refractivity contribution is 0.111. The van der Waals surface area contributed by atoms with E-state index in [-0.39, 0.29) is 22.4 Å². The number of aliphatic hydroxyl groups is 1. The molecule has 0 amide bonds. The van der Waals surface area contributed by atoms with Crippen molar-refractivity contribution < 1.29 is 18.6 Å². The molecule has 0 unspecified atom stereocenters. The first-order valence-electron chi connectivity index (χ1n) is 9.67. The molecule has 2 aromatic heterocycles. The third kappa shape index (κ3) is 3.13.